The minimum Gasteiger partial charge on any atom is -0.492 e. The molecule has 4 heteroatoms. The first kappa shape index (κ1) is 15.2. The van der Waals surface area contributed by atoms with Gasteiger partial charge in [-0.1, -0.05) is 12.1 Å². The van der Waals surface area contributed by atoms with Crippen molar-refractivity contribution in [3.8, 4) is 5.75 Å². The maximum atomic E-state index is 11.2. The molecule has 104 valence electrons. The zero-order chi connectivity index (χ0) is 14.1. The fourth-order valence-corrected chi connectivity index (χ4v) is 1.38. The van der Waals surface area contributed by atoms with Crippen molar-refractivity contribution in [1.29, 1.82) is 0 Å². The highest BCUT2D eigenvalue weighted by atomic mass is 16.5. The van der Waals surface area contributed by atoms with Crippen LogP contribution in [0.4, 0.5) is 0 Å². The third kappa shape index (κ3) is 6.62. The van der Waals surface area contributed by atoms with Gasteiger partial charge in [0.15, 0.2) is 0 Å². The molecule has 0 atom stereocenters. The number of carbonyl (C=O) groups is 1. The number of hydrogen-bond donors (Lipinski definition) is 0. The zero-order valence-electron chi connectivity index (χ0n) is 11.8. The van der Waals surface area contributed by atoms with Gasteiger partial charge in [-0.2, -0.15) is 0 Å². The molecule has 0 aliphatic carbocycles. The highest BCUT2D eigenvalue weighted by molar-refractivity contribution is 5.87. The summed E-state index contributed by atoms with van der Waals surface area (Å²) in [6, 6.07) is 7.59. The van der Waals surface area contributed by atoms with Gasteiger partial charge in [-0.3, -0.25) is 0 Å². The fraction of sp³-hybridized carbons (Fsp3) is 0.400. The van der Waals surface area contributed by atoms with Crippen molar-refractivity contribution in [2.75, 3.05) is 33.9 Å². The average molecular weight is 263 g/mol. The van der Waals surface area contributed by atoms with Crippen LogP contribution in [-0.2, 0) is 9.53 Å². The van der Waals surface area contributed by atoms with Crippen molar-refractivity contribution in [3.63, 3.8) is 0 Å². The topological polar surface area (TPSA) is 38.8 Å². The SMILES string of the molecule is CCOC(=O)/C=C/c1ccc(OCCN(C)C)cc1. The molecule has 0 bridgehead atoms. The van der Waals surface area contributed by atoms with Gasteiger partial charge in [0.05, 0.1) is 6.61 Å². The van der Waals surface area contributed by atoms with E-state index in [4.69, 9.17) is 9.47 Å². The molecule has 0 amide bonds. The molecule has 19 heavy (non-hydrogen) atoms. The lowest BCUT2D eigenvalue weighted by atomic mass is 10.2. The first-order valence-corrected chi connectivity index (χ1v) is 6.34. The Morgan fingerprint density at radius 2 is 1.95 bits per heavy atom. The summed E-state index contributed by atoms with van der Waals surface area (Å²) in [7, 11) is 4.01. The quantitative estimate of drug-likeness (QED) is 0.558. The molecule has 0 aliphatic heterocycles. The zero-order valence-corrected chi connectivity index (χ0v) is 11.8. The number of ether oxygens (including phenoxy) is 2. The van der Waals surface area contributed by atoms with Crippen molar-refractivity contribution in [3.05, 3.63) is 35.9 Å². The van der Waals surface area contributed by atoms with Crippen molar-refractivity contribution >= 4 is 12.0 Å². The molecule has 1 aromatic rings. The molecule has 0 aliphatic rings. The van der Waals surface area contributed by atoms with Gasteiger partial charge in [-0.15, -0.1) is 0 Å². The lowest BCUT2D eigenvalue weighted by molar-refractivity contribution is -0.137. The summed E-state index contributed by atoms with van der Waals surface area (Å²) >= 11 is 0. The Hall–Kier alpha value is -1.81. The van der Waals surface area contributed by atoms with Gasteiger partial charge in [0.1, 0.15) is 12.4 Å². The number of carbonyl (C=O) groups excluding carboxylic acids is 1. The van der Waals surface area contributed by atoms with E-state index in [1.165, 1.54) is 6.08 Å². The van der Waals surface area contributed by atoms with Crippen LogP contribution in [0, 0.1) is 0 Å². The smallest absolute Gasteiger partial charge is 0.330 e. The average Bonchev–Trinajstić information content (AvgIpc) is 2.38. The van der Waals surface area contributed by atoms with E-state index in [-0.39, 0.29) is 5.97 Å². The summed E-state index contributed by atoms with van der Waals surface area (Å²) in [5, 5.41) is 0. The maximum absolute atomic E-state index is 11.2. The van der Waals surface area contributed by atoms with Crippen LogP contribution in [0.25, 0.3) is 6.08 Å². The Morgan fingerprint density at radius 3 is 2.53 bits per heavy atom. The number of likely N-dealkylation sites (N-methyl/N-ethyl adjacent to an activating group) is 1. The molecule has 0 saturated carbocycles. The standard InChI is InChI=1S/C15H21NO3/c1-4-18-15(17)10-7-13-5-8-14(9-6-13)19-12-11-16(2)3/h5-10H,4,11-12H2,1-3H3/b10-7+. The fourth-order valence-electron chi connectivity index (χ4n) is 1.38. The molecule has 4 nitrogen and oxygen atoms in total. The largest absolute Gasteiger partial charge is 0.492 e. The second-order valence-corrected chi connectivity index (χ2v) is 4.31. The van der Waals surface area contributed by atoms with Gasteiger partial charge < -0.3 is 14.4 Å². The van der Waals surface area contributed by atoms with E-state index < -0.39 is 0 Å². The summed E-state index contributed by atoms with van der Waals surface area (Å²) in [5.41, 5.74) is 0.938. The van der Waals surface area contributed by atoms with Crippen LogP contribution in [-0.4, -0.2) is 44.7 Å². The van der Waals surface area contributed by atoms with E-state index in [2.05, 4.69) is 4.90 Å². The lowest BCUT2D eigenvalue weighted by Crippen LogP contribution is -2.19. The number of benzene rings is 1. The van der Waals surface area contributed by atoms with E-state index in [0.717, 1.165) is 17.9 Å². The van der Waals surface area contributed by atoms with E-state index in [0.29, 0.717) is 13.2 Å². The number of esters is 1. The summed E-state index contributed by atoms with van der Waals surface area (Å²) in [4.78, 5) is 13.2. The molecule has 0 aromatic heterocycles. The first-order chi connectivity index (χ1) is 9.11. The Morgan fingerprint density at radius 1 is 1.26 bits per heavy atom. The molecular weight excluding hydrogens is 242 g/mol. The highest BCUT2D eigenvalue weighted by Crippen LogP contribution is 2.13. The van der Waals surface area contributed by atoms with Crippen LogP contribution >= 0.6 is 0 Å². The van der Waals surface area contributed by atoms with Gasteiger partial charge in [-0.05, 0) is 44.8 Å². The third-order valence-corrected chi connectivity index (χ3v) is 2.39. The maximum Gasteiger partial charge on any atom is 0.330 e. The van der Waals surface area contributed by atoms with Gasteiger partial charge in [0.25, 0.3) is 0 Å². The third-order valence-electron chi connectivity index (χ3n) is 2.39. The van der Waals surface area contributed by atoms with Crippen molar-refractivity contribution in [1.82, 2.24) is 4.90 Å². The molecule has 1 rings (SSSR count). The second kappa shape index (κ2) is 8.32. The van der Waals surface area contributed by atoms with Gasteiger partial charge in [0.2, 0.25) is 0 Å². The van der Waals surface area contributed by atoms with Crippen LogP contribution in [0.1, 0.15) is 12.5 Å². The molecule has 0 saturated heterocycles. The molecule has 0 N–H and O–H groups in total. The van der Waals surface area contributed by atoms with Crippen LogP contribution in [0.5, 0.6) is 5.75 Å². The predicted octanol–water partition coefficient (Wildman–Crippen LogP) is 2.20. The monoisotopic (exact) mass is 263 g/mol. The van der Waals surface area contributed by atoms with Crippen LogP contribution in [0.3, 0.4) is 0 Å². The Bertz CT molecular complexity index is 410. The molecular formula is C15H21NO3. The second-order valence-electron chi connectivity index (χ2n) is 4.31. The summed E-state index contributed by atoms with van der Waals surface area (Å²) < 4.78 is 10.4. The van der Waals surface area contributed by atoms with Gasteiger partial charge in [-0.25, -0.2) is 4.79 Å². The highest BCUT2D eigenvalue weighted by Gasteiger charge is 1.96. The number of hydrogen-bond acceptors (Lipinski definition) is 4. The van der Waals surface area contributed by atoms with E-state index in [1.807, 2.05) is 38.4 Å². The minimum absolute atomic E-state index is 0.325. The Labute approximate surface area is 114 Å². The van der Waals surface area contributed by atoms with E-state index in [1.54, 1.807) is 13.0 Å². The number of rotatable bonds is 7. The number of nitrogens with zero attached hydrogens (tertiary/aromatic N) is 1. The normalized spacial score (nSPS) is 10.9. The molecule has 0 unspecified atom stereocenters. The Kier molecular flexibility index (Phi) is 6.68. The van der Waals surface area contributed by atoms with Crippen molar-refractivity contribution < 1.29 is 14.3 Å². The first-order valence-electron chi connectivity index (χ1n) is 6.34. The minimum atomic E-state index is -0.325. The van der Waals surface area contributed by atoms with E-state index >= 15 is 0 Å². The van der Waals surface area contributed by atoms with Crippen LogP contribution in [0.2, 0.25) is 0 Å². The predicted molar refractivity (Wildman–Crippen MR) is 76.2 cm³/mol. The van der Waals surface area contributed by atoms with Crippen LogP contribution < -0.4 is 4.74 Å². The van der Waals surface area contributed by atoms with Crippen molar-refractivity contribution in [2.24, 2.45) is 0 Å². The van der Waals surface area contributed by atoms with Crippen molar-refractivity contribution in [2.45, 2.75) is 6.92 Å². The van der Waals surface area contributed by atoms with E-state index in [9.17, 15) is 4.79 Å². The summed E-state index contributed by atoms with van der Waals surface area (Å²) in [6.45, 7) is 3.71. The summed E-state index contributed by atoms with van der Waals surface area (Å²) in [5.74, 6) is 0.504. The Balaban J connectivity index is 2.45. The molecule has 0 radical (unpaired) electrons. The van der Waals surface area contributed by atoms with Gasteiger partial charge in [0, 0.05) is 12.6 Å². The molecule has 0 spiro atoms. The van der Waals surface area contributed by atoms with Crippen LogP contribution in [0.15, 0.2) is 30.3 Å². The molecule has 1 aromatic carbocycles. The van der Waals surface area contributed by atoms with Gasteiger partial charge >= 0.3 is 5.97 Å². The lowest BCUT2D eigenvalue weighted by Gasteiger charge is -2.10. The molecule has 0 heterocycles. The summed E-state index contributed by atoms with van der Waals surface area (Å²) in [6.07, 6.45) is 3.15. The molecule has 0 fully saturated rings.